The third kappa shape index (κ3) is 2.39. The van der Waals surface area contributed by atoms with Crippen LogP contribution in [0.15, 0.2) is 12.1 Å². The maximum atomic E-state index is 13.2. The predicted octanol–water partition coefficient (Wildman–Crippen LogP) is 2.24. The van der Waals surface area contributed by atoms with Crippen molar-refractivity contribution in [2.24, 2.45) is 5.92 Å². The van der Waals surface area contributed by atoms with Gasteiger partial charge in [0.1, 0.15) is 5.82 Å². The molecule has 88 valence electrons. The SMILES string of the molecule is Nc1cc(Cl)c(F)cc1NCC1CC(O)C1. The molecule has 0 unspecified atom stereocenters. The number of halogens is 2. The van der Waals surface area contributed by atoms with Crippen molar-refractivity contribution in [3.63, 3.8) is 0 Å². The molecule has 0 atom stereocenters. The maximum absolute atomic E-state index is 13.2. The van der Waals surface area contributed by atoms with Crippen LogP contribution in [-0.4, -0.2) is 17.8 Å². The van der Waals surface area contributed by atoms with E-state index in [0.717, 1.165) is 12.8 Å². The largest absolute Gasteiger partial charge is 0.397 e. The molecule has 16 heavy (non-hydrogen) atoms. The molecule has 1 fully saturated rings. The standard InChI is InChI=1S/C11H14ClFN2O/c12-8-3-10(14)11(4-9(8)13)15-5-6-1-7(16)2-6/h3-4,6-7,15-16H,1-2,5,14H2. The van der Waals surface area contributed by atoms with Crippen LogP contribution in [-0.2, 0) is 0 Å². The summed E-state index contributed by atoms with van der Waals surface area (Å²) in [6.45, 7) is 0.697. The Balaban J connectivity index is 1.96. The zero-order valence-corrected chi connectivity index (χ0v) is 9.47. The summed E-state index contributed by atoms with van der Waals surface area (Å²) >= 11 is 5.59. The number of nitrogen functional groups attached to an aromatic ring is 1. The van der Waals surface area contributed by atoms with E-state index in [2.05, 4.69) is 5.32 Å². The van der Waals surface area contributed by atoms with Crippen molar-refractivity contribution in [2.45, 2.75) is 18.9 Å². The fraction of sp³-hybridized carbons (Fsp3) is 0.455. The van der Waals surface area contributed by atoms with Gasteiger partial charge in [0.25, 0.3) is 0 Å². The van der Waals surface area contributed by atoms with Gasteiger partial charge in [0.05, 0.1) is 22.5 Å². The van der Waals surface area contributed by atoms with Gasteiger partial charge in [-0.1, -0.05) is 11.6 Å². The fourth-order valence-electron chi connectivity index (χ4n) is 1.84. The number of hydrogen-bond donors (Lipinski definition) is 3. The molecule has 0 bridgehead atoms. The molecule has 0 saturated heterocycles. The van der Waals surface area contributed by atoms with Gasteiger partial charge in [-0.25, -0.2) is 4.39 Å². The molecule has 5 heteroatoms. The summed E-state index contributed by atoms with van der Waals surface area (Å²) < 4.78 is 13.2. The lowest BCUT2D eigenvalue weighted by Crippen LogP contribution is -2.33. The highest BCUT2D eigenvalue weighted by Gasteiger charge is 2.26. The first-order valence-electron chi connectivity index (χ1n) is 5.22. The van der Waals surface area contributed by atoms with Gasteiger partial charge in [-0.15, -0.1) is 0 Å². The molecule has 0 amide bonds. The van der Waals surface area contributed by atoms with E-state index >= 15 is 0 Å². The van der Waals surface area contributed by atoms with Crippen molar-refractivity contribution in [1.82, 2.24) is 0 Å². The molecule has 0 spiro atoms. The fourth-order valence-corrected chi connectivity index (χ4v) is 2.01. The molecule has 2 rings (SSSR count). The number of rotatable bonds is 3. The van der Waals surface area contributed by atoms with Crippen molar-refractivity contribution in [2.75, 3.05) is 17.6 Å². The van der Waals surface area contributed by atoms with E-state index in [9.17, 15) is 4.39 Å². The van der Waals surface area contributed by atoms with Gasteiger partial charge in [0, 0.05) is 12.6 Å². The lowest BCUT2D eigenvalue weighted by atomic mass is 9.82. The van der Waals surface area contributed by atoms with E-state index in [-0.39, 0.29) is 11.1 Å². The van der Waals surface area contributed by atoms with Gasteiger partial charge >= 0.3 is 0 Å². The van der Waals surface area contributed by atoms with Gasteiger partial charge in [-0.3, -0.25) is 0 Å². The van der Waals surface area contributed by atoms with Crippen molar-refractivity contribution < 1.29 is 9.50 Å². The molecule has 1 aromatic rings. The lowest BCUT2D eigenvalue weighted by molar-refractivity contribution is 0.0487. The van der Waals surface area contributed by atoms with Gasteiger partial charge < -0.3 is 16.2 Å². The average molecular weight is 245 g/mol. The van der Waals surface area contributed by atoms with E-state index in [1.165, 1.54) is 12.1 Å². The number of nitrogens with one attached hydrogen (secondary N) is 1. The van der Waals surface area contributed by atoms with Crippen molar-refractivity contribution >= 4 is 23.0 Å². The Hall–Kier alpha value is -1.00. The minimum Gasteiger partial charge on any atom is -0.397 e. The number of anilines is 2. The summed E-state index contributed by atoms with van der Waals surface area (Å²) in [5.41, 5.74) is 6.70. The molecule has 1 aliphatic rings. The molecule has 1 aliphatic carbocycles. The molecular formula is C11H14ClFN2O. The van der Waals surface area contributed by atoms with Crippen LogP contribution in [0.5, 0.6) is 0 Å². The minimum absolute atomic E-state index is 0.0297. The summed E-state index contributed by atoms with van der Waals surface area (Å²) in [6.07, 6.45) is 1.41. The second kappa shape index (κ2) is 4.47. The van der Waals surface area contributed by atoms with E-state index in [1.54, 1.807) is 0 Å². The molecule has 0 aromatic heterocycles. The summed E-state index contributed by atoms with van der Waals surface area (Å²) in [5, 5.41) is 12.2. The van der Waals surface area contributed by atoms with Crippen LogP contribution in [0, 0.1) is 11.7 Å². The zero-order chi connectivity index (χ0) is 11.7. The van der Waals surface area contributed by atoms with Crippen LogP contribution in [0.1, 0.15) is 12.8 Å². The van der Waals surface area contributed by atoms with Crippen molar-refractivity contribution in [3.05, 3.63) is 23.0 Å². The highest BCUT2D eigenvalue weighted by atomic mass is 35.5. The van der Waals surface area contributed by atoms with E-state index < -0.39 is 5.82 Å². The third-order valence-corrected chi connectivity index (χ3v) is 3.17. The molecule has 0 heterocycles. The second-order valence-corrected chi connectivity index (χ2v) is 4.63. The molecule has 1 aromatic carbocycles. The lowest BCUT2D eigenvalue weighted by Gasteiger charge is -2.31. The van der Waals surface area contributed by atoms with Crippen molar-refractivity contribution in [1.29, 1.82) is 0 Å². The quantitative estimate of drug-likeness (QED) is 0.715. The van der Waals surface area contributed by atoms with Crippen LogP contribution in [0.25, 0.3) is 0 Å². The maximum Gasteiger partial charge on any atom is 0.143 e. The molecule has 1 saturated carbocycles. The molecule has 3 nitrogen and oxygen atoms in total. The molecule has 0 aliphatic heterocycles. The van der Waals surface area contributed by atoms with Gasteiger partial charge in [-0.05, 0) is 24.8 Å². The minimum atomic E-state index is -0.480. The normalized spacial score (nSPS) is 23.9. The first-order valence-corrected chi connectivity index (χ1v) is 5.60. The van der Waals surface area contributed by atoms with Gasteiger partial charge in [0.2, 0.25) is 0 Å². The van der Waals surface area contributed by atoms with Crippen LogP contribution in [0.3, 0.4) is 0 Å². The Morgan fingerprint density at radius 2 is 2.19 bits per heavy atom. The molecule has 4 N–H and O–H groups in total. The Kier molecular flexibility index (Phi) is 3.21. The smallest absolute Gasteiger partial charge is 0.143 e. The monoisotopic (exact) mass is 244 g/mol. The van der Waals surface area contributed by atoms with Crippen LogP contribution < -0.4 is 11.1 Å². The second-order valence-electron chi connectivity index (χ2n) is 4.23. The first-order chi connectivity index (χ1) is 7.56. The van der Waals surface area contributed by atoms with Crippen LogP contribution in [0.4, 0.5) is 15.8 Å². The number of aliphatic hydroxyl groups is 1. The van der Waals surface area contributed by atoms with E-state index in [1.807, 2.05) is 0 Å². The van der Waals surface area contributed by atoms with Gasteiger partial charge in [0.15, 0.2) is 0 Å². The summed E-state index contributed by atoms with van der Waals surface area (Å²) in [5.74, 6) is -0.0415. The topological polar surface area (TPSA) is 58.3 Å². The van der Waals surface area contributed by atoms with E-state index in [0.29, 0.717) is 23.8 Å². The number of benzene rings is 1. The summed E-state index contributed by atoms with van der Waals surface area (Å²) in [4.78, 5) is 0. The van der Waals surface area contributed by atoms with Crippen LogP contribution in [0.2, 0.25) is 5.02 Å². The van der Waals surface area contributed by atoms with Crippen LogP contribution >= 0.6 is 11.6 Å². The first kappa shape index (κ1) is 11.5. The number of hydrogen-bond acceptors (Lipinski definition) is 3. The average Bonchev–Trinajstić information content (AvgIpc) is 2.18. The number of nitrogens with two attached hydrogens (primary N) is 1. The zero-order valence-electron chi connectivity index (χ0n) is 8.71. The third-order valence-electron chi connectivity index (χ3n) is 2.88. The highest BCUT2D eigenvalue weighted by molar-refractivity contribution is 6.31. The Morgan fingerprint density at radius 1 is 1.50 bits per heavy atom. The number of aliphatic hydroxyl groups excluding tert-OH is 1. The predicted molar refractivity (Wildman–Crippen MR) is 63.0 cm³/mol. The van der Waals surface area contributed by atoms with Gasteiger partial charge in [-0.2, -0.15) is 0 Å². The Labute approximate surface area is 98.4 Å². The molecular weight excluding hydrogens is 231 g/mol. The Morgan fingerprint density at radius 3 is 2.81 bits per heavy atom. The highest BCUT2D eigenvalue weighted by Crippen LogP contribution is 2.30. The Bertz CT molecular complexity index is 394. The summed E-state index contributed by atoms with van der Waals surface area (Å²) in [7, 11) is 0. The van der Waals surface area contributed by atoms with E-state index in [4.69, 9.17) is 22.4 Å². The molecule has 0 radical (unpaired) electrons. The summed E-state index contributed by atoms with van der Waals surface area (Å²) in [6, 6.07) is 2.70. The van der Waals surface area contributed by atoms with Crippen molar-refractivity contribution in [3.8, 4) is 0 Å².